The van der Waals surface area contributed by atoms with Gasteiger partial charge in [-0.1, -0.05) is 13.0 Å². The summed E-state index contributed by atoms with van der Waals surface area (Å²) >= 11 is 5.26. The second-order valence-corrected chi connectivity index (χ2v) is 5.58. The van der Waals surface area contributed by atoms with Gasteiger partial charge in [-0.3, -0.25) is 0 Å². The molecule has 0 saturated heterocycles. The molecule has 0 bridgehead atoms. The summed E-state index contributed by atoms with van der Waals surface area (Å²) in [6.45, 7) is 3.06. The minimum Gasteiger partial charge on any atom is -0.496 e. The Morgan fingerprint density at radius 3 is 2.72 bits per heavy atom. The molecule has 1 heterocycles. The number of hydrogen-bond donors (Lipinski definition) is 1. The number of rotatable bonds is 5. The molecule has 1 unspecified atom stereocenters. The summed E-state index contributed by atoms with van der Waals surface area (Å²) in [6, 6.07) is 8.62. The van der Waals surface area contributed by atoms with Gasteiger partial charge in [0.05, 0.1) is 17.6 Å². The Morgan fingerprint density at radius 1 is 1.33 bits per heavy atom. The first-order valence-electron chi connectivity index (χ1n) is 5.85. The van der Waals surface area contributed by atoms with Crippen molar-refractivity contribution in [3.05, 3.63) is 50.6 Å². The molecular weight excluding hydrogens is 310 g/mol. The van der Waals surface area contributed by atoms with Crippen molar-refractivity contribution in [2.75, 3.05) is 13.7 Å². The standard InChI is InChI=1S/C14H16BrNOS/c1-3-16-14(11-6-7-18-9-11)10-4-5-13(17-2)12(15)8-10/h4-9,14,16H,3H2,1-2H3. The highest BCUT2D eigenvalue weighted by atomic mass is 79.9. The van der Waals surface area contributed by atoms with Gasteiger partial charge >= 0.3 is 0 Å². The summed E-state index contributed by atoms with van der Waals surface area (Å²) in [7, 11) is 1.68. The van der Waals surface area contributed by atoms with E-state index in [2.05, 4.69) is 57.1 Å². The van der Waals surface area contributed by atoms with E-state index in [0.29, 0.717) is 0 Å². The van der Waals surface area contributed by atoms with Gasteiger partial charge in [0.2, 0.25) is 0 Å². The van der Waals surface area contributed by atoms with E-state index in [0.717, 1.165) is 16.8 Å². The molecule has 2 rings (SSSR count). The van der Waals surface area contributed by atoms with Crippen LogP contribution in [0.1, 0.15) is 24.1 Å². The second-order valence-electron chi connectivity index (χ2n) is 3.94. The smallest absolute Gasteiger partial charge is 0.133 e. The van der Waals surface area contributed by atoms with Crippen molar-refractivity contribution in [3.63, 3.8) is 0 Å². The Labute approximate surface area is 120 Å². The van der Waals surface area contributed by atoms with Gasteiger partial charge in [0.15, 0.2) is 0 Å². The quantitative estimate of drug-likeness (QED) is 0.888. The number of methoxy groups -OCH3 is 1. The third-order valence-corrected chi connectivity index (χ3v) is 4.12. The van der Waals surface area contributed by atoms with Crippen LogP contribution in [0.2, 0.25) is 0 Å². The number of nitrogens with one attached hydrogen (secondary N) is 1. The highest BCUT2D eigenvalue weighted by molar-refractivity contribution is 9.10. The zero-order chi connectivity index (χ0) is 13.0. The Hall–Kier alpha value is -0.840. The Balaban J connectivity index is 2.34. The molecule has 0 aliphatic heterocycles. The van der Waals surface area contributed by atoms with Crippen molar-refractivity contribution in [2.45, 2.75) is 13.0 Å². The molecule has 2 aromatic rings. The summed E-state index contributed by atoms with van der Waals surface area (Å²) in [4.78, 5) is 0. The van der Waals surface area contributed by atoms with Gasteiger partial charge in [-0.05, 0) is 62.6 Å². The van der Waals surface area contributed by atoms with Crippen molar-refractivity contribution < 1.29 is 4.74 Å². The van der Waals surface area contributed by atoms with Crippen LogP contribution in [0.5, 0.6) is 5.75 Å². The molecule has 2 nitrogen and oxygen atoms in total. The highest BCUT2D eigenvalue weighted by Crippen LogP contribution is 2.31. The topological polar surface area (TPSA) is 21.3 Å². The molecule has 0 radical (unpaired) electrons. The largest absolute Gasteiger partial charge is 0.496 e. The highest BCUT2D eigenvalue weighted by Gasteiger charge is 2.14. The summed E-state index contributed by atoms with van der Waals surface area (Å²) in [5, 5.41) is 7.81. The minimum absolute atomic E-state index is 0.239. The SMILES string of the molecule is CCNC(c1ccsc1)c1ccc(OC)c(Br)c1. The molecule has 1 atom stereocenters. The lowest BCUT2D eigenvalue weighted by atomic mass is 10.0. The Kier molecular flexibility index (Phi) is 4.80. The van der Waals surface area contributed by atoms with E-state index in [1.807, 2.05) is 6.07 Å². The van der Waals surface area contributed by atoms with E-state index in [1.165, 1.54) is 11.1 Å². The van der Waals surface area contributed by atoms with Gasteiger partial charge in [0, 0.05) is 0 Å². The zero-order valence-electron chi connectivity index (χ0n) is 10.4. The van der Waals surface area contributed by atoms with E-state index in [9.17, 15) is 0 Å². The normalized spacial score (nSPS) is 12.4. The van der Waals surface area contributed by atoms with Crippen LogP contribution in [0.3, 0.4) is 0 Å². The molecule has 96 valence electrons. The molecule has 0 aliphatic rings. The summed E-state index contributed by atoms with van der Waals surface area (Å²) in [5.41, 5.74) is 2.54. The van der Waals surface area contributed by atoms with Crippen molar-refractivity contribution in [2.24, 2.45) is 0 Å². The van der Waals surface area contributed by atoms with E-state index in [1.54, 1.807) is 18.4 Å². The maximum atomic E-state index is 5.27. The van der Waals surface area contributed by atoms with Gasteiger partial charge in [-0.2, -0.15) is 11.3 Å². The zero-order valence-corrected chi connectivity index (χ0v) is 12.8. The van der Waals surface area contributed by atoms with Crippen LogP contribution in [0.4, 0.5) is 0 Å². The molecule has 1 aromatic carbocycles. The number of hydrogen-bond acceptors (Lipinski definition) is 3. The van der Waals surface area contributed by atoms with Crippen molar-refractivity contribution in [1.29, 1.82) is 0 Å². The van der Waals surface area contributed by atoms with Gasteiger partial charge in [-0.15, -0.1) is 0 Å². The van der Waals surface area contributed by atoms with Crippen LogP contribution in [-0.2, 0) is 0 Å². The van der Waals surface area contributed by atoms with Crippen LogP contribution in [0.25, 0.3) is 0 Å². The average Bonchev–Trinajstić information content (AvgIpc) is 2.89. The van der Waals surface area contributed by atoms with E-state index in [-0.39, 0.29) is 6.04 Å². The first kappa shape index (κ1) is 13.6. The van der Waals surface area contributed by atoms with Crippen LogP contribution in [0, 0.1) is 0 Å². The molecule has 4 heteroatoms. The van der Waals surface area contributed by atoms with Crippen LogP contribution >= 0.6 is 27.3 Å². The van der Waals surface area contributed by atoms with Crippen LogP contribution < -0.4 is 10.1 Å². The Bertz CT molecular complexity index is 499. The molecule has 18 heavy (non-hydrogen) atoms. The van der Waals surface area contributed by atoms with Crippen molar-refractivity contribution in [1.82, 2.24) is 5.32 Å². The fraction of sp³-hybridized carbons (Fsp3) is 0.286. The average molecular weight is 326 g/mol. The third kappa shape index (κ3) is 2.94. The number of halogens is 1. The molecule has 0 amide bonds. The van der Waals surface area contributed by atoms with Gasteiger partial charge < -0.3 is 10.1 Å². The summed E-state index contributed by atoms with van der Waals surface area (Å²) in [6.07, 6.45) is 0. The number of benzene rings is 1. The lowest BCUT2D eigenvalue weighted by molar-refractivity contribution is 0.412. The van der Waals surface area contributed by atoms with Crippen molar-refractivity contribution in [3.8, 4) is 5.75 Å². The summed E-state index contributed by atoms with van der Waals surface area (Å²) in [5.74, 6) is 0.860. The third-order valence-electron chi connectivity index (χ3n) is 2.79. The van der Waals surface area contributed by atoms with E-state index in [4.69, 9.17) is 4.74 Å². The molecule has 1 aromatic heterocycles. The minimum atomic E-state index is 0.239. The van der Waals surface area contributed by atoms with Crippen molar-refractivity contribution >= 4 is 27.3 Å². The molecule has 0 saturated carbocycles. The van der Waals surface area contributed by atoms with E-state index >= 15 is 0 Å². The summed E-state index contributed by atoms with van der Waals surface area (Å²) < 4.78 is 6.25. The molecule has 0 aliphatic carbocycles. The predicted octanol–water partition coefficient (Wildman–Crippen LogP) is 4.22. The molecule has 0 fully saturated rings. The van der Waals surface area contributed by atoms with Gasteiger partial charge in [0.1, 0.15) is 5.75 Å². The van der Waals surface area contributed by atoms with Gasteiger partial charge in [0.25, 0.3) is 0 Å². The monoisotopic (exact) mass is 325 g/mol. The van der Waals surface area contributed by atoms with Crippen LogP contribution in [-0.4, -0.2) is 13.7 Å². The Morgan fingerprint density at radius 2 is 2.17 bits per heavy atom. The van der Waals surface area contributed by atoms with Gasteiger partial charge in [-0.25, -0.2) is 0 Å². The second kappa shape index (κ2) is 6.36. The first-order chi connectivity index (χ1) is 8.76. The molecule has 1 N–H and O–H groups in total. The maximum absolute atomic E-state index is 5.27. The molecule has 0 spiro atoms. The number of thiophene rings is 1. The fourth-order valence-electron chi connectivity index (χ4n) is 1.93. The fourth-order valence-corrected chi connectivity index (χ4v) is 3.18. The lowest BCUT2D eigenvalue weighted by Gasteiger charge is -2.18. The maximum Gasteiger partial charge on any atom is 0.133 e. The predicted molar refractivity (Wildman–Crippen MR) is 80.5 cm³/mol. The van der Waals surface area contributed by atoms with E-state index < -0.39 is 0 Å². The van der Waals surface area contributed by atoms with Crippen LogP contribution in [0.15, 0.2) is 39.5 Å². The lowest BCUT2D eigenvalue weighted by Crippen LogP contribution is -2.21. The molecular formula is C14H16BrNOS. The number of ether oxygens (including phenoxy) is 1. The first-order valence-corrected chi connectivity index (χ1v) is 7.58.